The van der Waals surface area contributed by atoms with Crippen LogP contribution >= 0.6 is 11.6 Å². The number of aromatic nitrogens is 1. The van der Waals surface area contributed by atoms with Gasteiger partial charge in [-0.05, 0) is 11.6 Å². The van der Waals surface area contributed by atoms with Crippen molar-refractivity contribution >= 4 is 17.7 Å². The summed E-state index contributed by atoms with van der Waals surface area (Å²) in [4.78, 5) is 4.04. The molecule has 1 rings (SSSR count). The van der Waals surface area contributed by atoms with Crippen LogP contribution in [-0.2, 0) is 6.54 Å². The van der Waals surface area contributed by atoms with Crippen molar-refractivity contribution in [3.05, 3.63) is 35.1 Å². The Morgan fingerprint density at radius 3 is 3.00 bits per heavy atom. The summed E-state index contributed by atoms with van der Waals surface area (Å²) >= 11 is 5.70. The van der Waals surface area contributed by atoms with Gasteiger partial charge in [0, 0.05) is 12.7 Å². The van der Waals surface area contributed by atoms with Gasteiger partial charge in [-0.15, -0.1) is 0 Å². The van der Waals surface area contributed by atoms with Crippen LogP contribution in [0, 0.1) is 0 Å². The second-order valence-corrected chi connectivity index (χ2v) is 2.53. The summed E-state index contributed by atoms with van der Waals surface area (Å²) in [5.41, 5.74) is 7.15. The Morgan fingerprint density at radius 2 is 2.45 bits per heavy atom. The number of hydrogen-bond donors (Lipinski definition) is 1. The molecule has 1 aromatic heterocycles. The first-order chi connectivity index (χ1) is 5.27. The zero-order valence-electron chi connectivity index (χ0n) is 6.05. The minimum atomic E-state index is 0.415. The predicted octanol–water partition coefficient (Wildman–Crippen LogP) is 1.84. The summed E-state index contributed by atoms with van der Waals surface area (Å²) in [6.45, 7) is 4.04. The van der Waals surface area contributed by atoms with Crippen molar-refractivity contribution in [1.29, 1.82) is 0 Å². The van der Waals surface area contributed by atoms with Crippen LogP contribution in [0.3, 0.4) is 0 Å². The van der Waals surface area contributed by atoms with Gasteiger partial charge in [0.15, 0.2) is 0 Å². The van der Waals surface area contributed by atoms with Crippen molar-refractivity contribution in [2.24, 2.45) is 5.73 Å². The Labute approximate surface area is 70.7 Å². The van der Waals surface area contributed by atoms with Gasteiger partial charge < -0.3 is 5.73 Å². The average molecular weight is 169 g/mol. The van der Waals surface area contributed by atoms with Crippen LogP contribution in [0.4, 0.5) is 0 Å². The van der Waals surface area contributed by atoms with Gasteiger partial charge in [-0.2, -0.15) is 0 Å². The molecule has 0 aliphatic heterocycles. The van der Waals surface area contributed by atoms with E-state index in [9.17, 15) is 0 Å². The number of rotatable bonds is 2. The number of hydrogen-bond acceptors (Lipinski definition) is 2. The number of nitrogens with two attached hydrogens (primary N) is 1. The molecule has 0 aliphatic rings. The van der Waals surface area contributed by atoms with Crippen LogP contribution < -0.4 is 5.73 Å². The Morgan fingerprint density at radius 1 is 1.73 bits per heavy atom. The highest BCUT2D eigenvalue weighted by molar-refractivity contribution is 6.30. The molecule has 0 aliphatic carbocycles. The summed E-state index contributed by atoms with van der Waals surface area (Å²) < 4.78 is 0. The van der Waals surface area contributed by atoms with E-state index in [0.717, 1.165) is 11.3 Å². The van der Waals surface area contributed by atoms with Crippen molar-refractivity contribution in [3.63, 3.8) is 0 Å². The molecule has 2 nitrogen and oxygen atoms in total. The smallest absolute Gasteiger partial charge is 0.0612 e. The third kappa shape index (κ3) is 1.79. The van der Waals surface area contributed by atoms with Crippen molar-refractivity contribution in [1.82, 2.24) is 4.98 Å². The number of nitrogens with zero attached hydrogens (tertiary/aromatic N) is 1. The third-order valence-corrected chi connectivity index (χ3v) is 1.59. The molecule has 0 amide bonds. The van der Waals surface area contributed by atoms with Gasteiger partial charge >= 0.3 is 0 Å². The highest BCUT2D eigenvalue weighted by atomic mass is 35.5. The fraction of sp³-hybridized carbons (Fsp3) is 0.125. The molecule has 1 aromatic rings. The van der Waals surface area contributed by atoms with Gasteiger partial charge in [-0.1, -0.05) is 24.3 Å². The van der Waals surface area contributed by atoms with Crippen LogP contribution in [0.1, 0.15) is 11.3 Å². The molecule has 3 heteroatoms. The maximum atomic E-state index is 5.70. The van der Waals surface area contributed by atoms with Gasteiger partial charge in [-0.3, -0.25) is 4.98 Å². The molecule has 0 bridgehead atoms. The molecule has 0 fully saturated rings. The topological polar surface area (TPSA) is 38.9 Å². The standard InChI is InChI=1S/C8H9ClN2/c1-2-6-3-7(9)5-11-8(6)4-10/h2-3,5H,1,4,10H2. The molecular formula is C8H9ClN2. The number of halogens is 1. The van der Waals surface area contributed by atoms with Gasteiger partial charge in [0.25, 0.3) is 0 Å². The van der Waals surface area contributed by atoms with E-state index in [-0.39, 0.29) is 0 Å². The molecular weight excluding hydrogens is 160 g/mol. The van der Waals surface area contributed by atoms with E-state index in [1.807, 2.05) is 0 Å². The molecule has 0 aromatic carbocycles. The summed E-state index contributed by atoms with van der Waals surface area (Å²) in [6, 6.07) is 1.80. The van der Waals surface area contributed by atoms with Crippen LogP contribution in [0.2, 0.25) is 5.02 Å². The summed E-state index contributed by atoms with van der Waals surface area (Å²) in [6.07, 6.45) is 3.28. The minimum Gasteiger partial charge on any atom is -0.325 e. The average Bonchev–Trinajstić information content (AvgIpc) is 2.04. The second kappa shape index (κ2) is 3.51. The predicted molar refractivity (Wildman–Crippen MR) is 47.2 cm³/mol. The maximum Gasteiger partial charge on any atom is 0.0612 e. The van der Waals surface area contributed by atoms with Crippen LogP contribution in [0.25, 0.3) is 6.08 Å². The zero-order valence-corrected chi connectivity index (χ0v) is 6.80. The summed E-state index contributed by atoms with van der Waals surface area (Å²) in [5, 5.41) is 0.608. The Balaban J connectivity index is 3.16. The lowest BCUT2D eigenvalue weighted by molar-refractivity contribution is 0.985. The van der Waals surface area contributed by atoms with E-state index in [0.29, 0.717) is 11.6 Å². The van der Waals surface area contributed by atoms with Crippen LogP contribution in [0.5, 0.6) is 0 Å². The Kier molecular flexibility index (Phi) is 2.63. The van der Waals surface area contributed by atoms with Crippen molar-refractivity contribution < 1.29 is 0 Å². The minimum absolute atomic E-state index is 0.415. The quantitative estimate of drug-likeness (QED) is 0.732. The molecule has 11 heavy (non-hydrogen) atoms. The first-order valence-corrected chi connectivity index (χ1v) is 3.62. The molecule has 0 spiro atoms. The zero-order chi connectivity index (χ0) is 8.27. The molecule has 0 unspecified atom stereocenters. The SMILES string of the molecule is C=Cc1cc(Cl)cnc1CN. The fourth-order valence-corrected chi connectivity index (χ4v) is 0.997. The Hall–Kier alpha value is -0.860. The van der Waals surface area contributed by atoms with Gasteiger partial charge in [0.1, 0.15) is 0 Å². The monoisotopic (exact) mass is 168 g/mol. The first kappa shape index (κ1) is 8.24. The normalized spacial score (nSPS) is 9.64. The van der Waals surface area contributed by atoms with E-state index >= 15 is 0 Å². The van der Waals surface area contributed by atoms with E-state index in [1.54, 1.807) is 18.3 Å². The van der Waals surface area contributed by atoms with Crippen LogP contribution in [-0.4, -0.2) is 4.98 Å². The van der Waals surface area contributed by atoms with Gasteiger partial charge in [0.2, 0.25) is 0 Å². The molecule has 0 radical (unpaired) electrons. The van der Waals surface area contributed by atoms with E-state index in [1.165, 1.54) is 0 Å². The summed E-state index contributed by atoms with van der Waals surface area (Å²) in [5.74, 6) is 0. The van der Waals surface area contributed by atoms with E-state index < -0.39 is 0 Å². The molecule has 2 N–H and O–H groups in total. The molecule has 58 valence electrons. The Bertz CT molecular complexity index is 271. The molecule has 0 saturated heterocycles. The third-order valence-electron chi connectivity index (χ3n) is 1.38. The first-order valence-electron chi connectivity index (χ1n) is 3.25. The fourth-order valence-electron chi connectivity index (χ4n) is 0.831. The van der Waals surface area contributed by atoms with Crippen LogP contribution in [0.15, 0.2) is 18.8 Å². The maximum absolute atomic E-state index is 5.70. The largest absolute Gasteiger partial charge is 0.325 e. The van der Waals surface area contributed by atoms with Crippen molar-refractivity contribution in [2.45, 2.75) is 6.54 Å². The van der Waals surface area contributed by atoms with Gasteiger partial charge in [0.05, 0.1) is 10.7 Å². The van der Waals surface area contributed by atoms with Crippen molar-refractivity contribution in [3.8, 4) is 0 Å². The van der Waals surface area contributed by atoms with E-state index in [2.05, 4.69) is 11.6 Å². The number of pyridine rings is 1. The second-order valence-electron chi connectivity index (χ2n) is 2.10. The lowest BCUT2D eigenvalue weighted by atomic mass is 10.2. The molecule has 0 saturated carbocycles. The van der Waals surface area contributed by atoms with Crippen molar-refractivity contribution in [2.75, 3.05) is 0 Å². The summed E-state index contributed by atoms with van der Waals surface area (Å²) in [7, 11) is 0. The highest BCUT2D eigenvalue weighted by Crippen LogP contribution is 2.13. The molecule has 1 heterocycles. The molecule has 0 atom stereocenters. The lowest BCUT2D eigenvalue weighted by Gasteiger charge is -2.00. The lowest BCUT2D eigenvalue weighted by Crippen LogP contribution is -2.01. The van der Waals surface area contributed by atoms with Gasteiger partial charge in [-0.25, -0.2) is 0 Å². The highest BCUT2D eigenvalue weighted by Gasteiger charge is 1.98. The van der Waals surface area contributed by atoms with E-state index in [4.69, 9.17) is 17.3 Å².